The second-order valence-electron chi connectivity index (χ2n) is 1.91. The number of rotatable bonds is 1. The molecule has 4 heteroatoms. The third-order valence-electron chi connectivity index (χ3n) is 1.33. The van der Waals surface area contributed by atoms with Crippen molar-refractivity contribution in [2.45, 2.75) is 0 Å². The minimum absolute atomic E-state index is 0.368. The van der Waals surface area contributed by atoms with Gasteiger partial charge < -0.3 is 0 Å². The fourth-order valence-corrected chi connectivity index (χ4v) is 0.844. The first-order chi connectivity index (χ1) is 4.92. The van der Waals surface area contributed by atoms with E-state index >= 15 is 0 Å². The Balaban J connectivity index is 2.46. The highest BCUT2D eigenvalue weighted by Gasteiger charge is 2.20. The fraction of sp³-hybridized carbons (Fsp3) is 0. The molecule has 0 N–H and O–H groups in total. The summed E-state index contributed by atoms with van der Waals surface area (Å²) < 4.78 is 0. The molecule has 0 bridgehead atoms. The first kappa shape index (κ1) is 5.22. The normalized spacial score (nSPS) is 19.8. The highest BCUT2D eigenvalue weighted by molar-refractivity contribution is 6.57. The molecule has 2 aliphatic heterocycles. The summed E-state index contributed by atoms with van der Waals surface area (Å²) >= 11 is 0. The minimum Gasteiger partial charge on any atom is -0.296 e. The van der Waals surface area contributed by atoms with Gasteiger partial charge in [-0.25, -0.2) is 0 Å². The lowest BCUT2D eigenvalue weighted by atomic mass is 10.1. The van der Waals surface area contributed by atoms with E-state index in [1.807, 2.05) is 0 Å². The van der Waals surface area contributed by atoms with Gasteiger partial charge in [-0.1, -0.05) is 0 Å². The molecule has 0 amide bonds. The molecule has 2 aliphatic rings. The lowest BCUT2D eigenvalue weighted by molar-refractivity contribution is -0.102. The monoisotopic (exact) mass is 133 g/mol. The van der Waals surface area contributed by atoms with Crippen LogP contribution in [-0.2, 0) is 4.79 Å². The van der Waals surface area contributed by atoms with Gasteiger partial charge in [0, 0.05) is 6.20 Å². The van der Waals surface area contributed by atoms with Crippen LogP contribution in [0.1, 0.15) is 0 Å². The van der Waals surface area contributed by atoms with Crippen LogP contribution in [0.2, 0.25) is 0 Å². The van der Waals surface area contributed by atoms with E-state index in [0.717, 1.165) is 5.57 Å². The Labute approximate surface area is 56.7 Å². The molecule has 2 rings (SSSR count). The summed E-state index contributed by atoms with van der Waals surface area (Å²) in [5, 5.41) is 7.32. The number of hydrogen-bond donors (Lipinski definition) is 0. The third kappa shape index (κ3) is 0.500. The van der Waals surface area contributed by atoms with E-state index in [1.165, 1.54) is 0 Å². The van der Waals surface area contributed by atoms with Gasteiger partial charge in [0.05, 0.1) is 11.8 Å². The van der Waals surface area contributed by atoms with Crippen molar-refractivity contribution in [2.24, 2.45) is 15.2 Å². The van der Waals surface area contributed by atoms with Crippen molar-refractivity contribution >= 4 is 23.9 Å². The zero-order chi connectivity index (χ0) is 6.97. The maximum atomic E-state index is 10.2. The molecule has 0 radical (unpaired) electrons. The van der Waals surface area contributed by atoms with Gasteiger partial charge in [-0.15, -0.1) is 10.2 Å². The van der Waals surface area contributed by atoms with E-state index in [9.17, 15) is 4.79 Å². The molecule has 0 saturated heterocycles. The van der Waals surface area contributed by atoms with Crippen molar-refractivity contribution in [3.05, 3.63) is 11.8 Å². The summed E-state index contributed by atoms with van der Waals surface area (Å²) in [6.07, 6.45) is 3.84. The minimum atomic E-state index is 0.368. The van der Waals surface area contributed by atoms with E-state index in [1.54, 1.807) is 12.4 Å². The Morgan fingerprint density at radius 1 is 1.40 bits per heavy atom. The zero-order valence-electron chi connectivity index (χ0n) is 4.98. The summed E-state index contributed by atoms with van der Waals surface area (Å²) in [7, 11) is 0. The van der Waals surface area contributed by atoms with Crippen molar-refractivity contribution in [3.63, 3.8) is 0 Å². The molecule has 0 aromatic rings. The molecule has 0 spiro atoms. The summed E-state index contributed by atoms with van der Waals surface area (Å²) in [6, 6.07) is 0. The molecule has 0 aromatic heterocycles. The maximum Gasteiger partial charge on any atom is 0.171 e. The predicted octanol–water partition coefficient (Wildman–Crippen LogP) is -0.0358. The average Bonchev–Trinajstić information content (AvgIpc) is 2.44. The first-order valence-electron chi connectivity index (χ1n) is 2.77. The molecule has 0 fully saturated rings. The van der Waals surface area contributed by atoms with Gasteiger partial charge in [0.15, 0.2) is 6.29 Å². The second-order valence-corrected chi connectivity index (χ2v) is 1.91. The molecule has 0 saturated carbocycles. The molecule has 10 heavy (non-hydrogen) atoms. The van der Waals surface area contributed by atoms with Crippen LogP contribution in [-0.4, -0.2) is 23.9 Å². The molecule has 0 aromatic carbocycles. The predicted molar refractivity (Wildman–Crippen MR) is 37.5 cm³/mol. The highest BCUT2D eigenvalue weighted by Crippen LogP contribution is 2.12. The maximum absolute atomic E-state index is 10.2. The lowest BCUT2D eigenvalue weighted by Crippen LogP contribution is -2.05. The Morgan fingerprint density at radius 2 is 2.30 bits per heavy atom. The van der Waals surface area contributed by atoms with Crippen LogP contribution < -0.4 is 0 Å². The van der Waals surface area contributed by atoms with E-state index < -0.39 is 0 Å². The Kier molecular flexibility index (Phi) is 0.887. The fourth-order valence-electron chi connectivity index (χ4n) is 0.844. The lowest BCUT2D eigenvalue weighted by Gasteiger charge is -1.85. The van der Waals surface area contributed by atoms with Crippen molar-refractivity contribution in [1.82, 2.24) is 0 Å². The van der Waals surface area contributed by atoms with Gasteiger partial charge in [-0.2, -0.15) is 0 Å². The standard InChI is InChI=1S/C6H3N3O/c10-3-6-4-1-7-2-5(4)8-9-6/h1-3H. The van der Waals surface area contributed by atoms with Crippen LogP contribution in [0.3, 0.4) is 0 Å². The summed E-state index contributed by atoms with van der Waals surface area (Å²) in [6.45, 7) is 0. The van der Waals surface area contributed by atoms with Gasteiger partial charge in [0.1, 0.15) is 11.4 Å². The van der Waals surface area contributed by atoms with Crippen molar-refractivity contribution in [3.8, 4) is 0 Å². The Hall–Kier alpha value is -1.58. The van der Waals surface area contributed by atoms with Crippen LogP contribution >= 0.6 is 0 Å². The van der Waals surface area contributed by atoms with Gasteiger partial charge in [-0.05, 0) is 0 Å². The number of aldehydes is 1. The van der Waals surface area contributed by atoms with Crippen LogP contribution in [0.5, 0.6) is 0 Å². The molecule has 48 valence electrons. The van der Waals surface area contributed by atoms with Crippen LogP contribution in [0.4, 0.5) is 0 Å². The zero-order valence-corrected chi connectivity index (χ0v) is 4.98. The van der Waals surface area contributed by atoms with Gasteiger partial charge in [0.25, 0.3) is 0 Å². The van der Waals surface area contributed by atoms with E-state index in [4.69, 9.17) is 0 Å². The Bertz CT molecular complexity index is 309. The summed E-state index contributed by atoms with van der Waals surface area (Å²) in [5.74, 6) is 0. The Morgan fingerprint density at radius 3 is 3.10 bits per heavy atom. The number of aliphatic imine (C=N–C) groups is 1. The summed E-state index contributed by atoms with van der Waals surface area (Å²) in [5.41, 5.74) is 1.78. The van der Waals surface area contributed by atoms with Crippen molar-refractivity contribution in [2.75, 3.05) is 0 Å². The molecule has 2 heterocycles. The smallest absolute Gasteiger partial charge is 0.171 e. The van der Waals surface area contributed by atoms with Crippen LogP contribution in [0.15, 0.2) is 27.0 Å². The third-order valence-corrected chi connectivity index (χ3v) is 1.33. The topological polar surface area (TPSA) is 54.1 Å². The molecule has 0 unspecified atom stereocenters. The average molecular weight is 133 g/mol. The van der Waals surface area contributed by atoms with Gasteiger partial charge in [-0.3, -0.25) is 9.79 Å². The van der Waals surface area contributed by atoms with Gasteiger partial charge in [0.2, 0.25) is 0 Å². The molecular weight excluding hydrogens is 130 g/mol. The molecular formula is C6H3N3O. The second kappa shape index (κ2) is 1.70. The number of nitrogens with zero attached hydrogens (tertiary/aromatic N) is 3. The van der Waals surface area contributed by atoms with Crippen molar-refractivity contribution in [1.29, 1.82) is 0 Å². The summed E-state index contributed by atoms with van der Waals surface area (Å²) in [4.78, 5) is 14.1. The number of hydrogen-bond acceptors (Lipinski definition) is 4. The van der Waals surface area contributed by atoms with Gasteiger partial charge >= 0.3 is 0 Å². The number of carbonyl (C=O) groups is 1. The first-order valence-corrected chi connectivity index (χ1v) is 2.77. The molecule has 0 aliphatic carbocycles. The van der Waals surface area contributed by atoms with E-state index in [2.05, 4.69) is 15.2 Å². The quantitative estimate of drug-likeness (QED) is 0.463. The van der Waals surface area contributed by atoms with Crippen molar-refractivity contribution < 1.29 is 4.79 Å². The molecule has 4 nitrogen and oxygen atoms in total. The number of allylic oxidation sites excluding steroid dienone is 1. The number of fused-ring (bicyclic) bond motifs is 1. The van der Waals surface area contributed by atoms with Crippen LogP contribution in [0.25, 0.3) is 0 Å². The van der Waals surface area contributed by atoms with Crippen LogP contribution in [0, 0.1) is 0 Å². The highest BCUT2D eigenvalue weighted by atomic mass is 16.1. The SMILES string of the molecule is O=CC1=NN=C2C=NC=C12. The van der Waals surface area contributed by atoms with E-state index in [0.29, 0.717) is 17.7 Å². The van der Waals surface area contributed by atoms with E-state index in [-0.39, 0.29) is 0 Å². The number of carbonyl (C=O) groups excluding carboxylic acids is 1. The molecule has 0 atom stereocenters. The largest absolute Gasteiger partial charge is 0.296 e.